The van der Waals surface area contributed by atoms with Crippen molar-refractivity contribution in [1.29, 1.82) is 0 Å². The molecule has 3 aliphatic rings. The van der Waals surface area contributed by atoms with Crippen LogP contribution in [0.1, 0.15) is 36.5 Å². The Morgan fingerprint density at radius 3 is 2.71 bits per heavy atom. The van der Waals surface area contributed by atoms with E-state index in [1.165, 1.54) is 18.2 Å². The number of nitrogens with one attached hydrogen (secondary N) is 2. The molecule has 2 bridgehead atoms. The third-order valence-electron chi connectivity index (χ3n) is 8.30. The van der Waals surface area contributed by atoms with Gasteiger partial charge in [-0.15, -0.1) is 0 Å². The Morgan fingerprint density at radius 2 is 1.95 bits per heavy atom. The number of methoxy groups -OCH3 is 1. The van der Waals surface area contributed by atoms with E-state index in [-0.39, 0.29) is 36.9 Å². The van der Waals surface area contributed by atoms with Gasteiger partial charge in [-0.1, -0.05) is 11.6 Å². The molecule has 0 saturated heterocycles. The van der Waals surface area contributed by atoms with Crippen molar-refractivity contribution in [1.82, 2.24) is 14.9 Å². The van der Waals surface area contributed by atoms with Crippen LogP contribution < -0.4 is 21.3 Å². The van der Waals surface area contributed by atoms with Crippen LogP contribution in [0, 0.1) is 17.8 Å². The molecule has 1 aliphatic heterocycles. The summed E-state index contributed by atoms with van der Waals surface area (Å²) in [7, 11) is 1.53. The topological polar surface area (TPSA) is 152 Å². The number of nitrogens with zero attached hydrogens (tertiary/aromatic N) is 4. The van der Waals surface area contributed by atoms with Crippen LogP contribution in [-0.2, 0) is 19.1 Å². The van der Waals surface area contributed by atoms with Gasteiger partial charge in [0.05, 0.1) is 30.0 Å². The molecular weight excluding hydrogens is 550 g/mol. The lowest BCUT2D eigenvalue weighted by Crippen LogP contribution is -2.42. The molecule has 2 aromatic rings. The van der Waals surface area contributed by atoms with Crippen LogP contribution in [-0.4, -0.2) is 85.2 Å². The number of rotatable bonds is 11. The molecule has 1 aromatic heterocycles. The zero-order valence-electron chi connectivity index (χ0n) is 23.3. The number of hydrogen-bond donors (Lipinski definition) is 3. The van der Waals surface area contributed by atoms with Gasteiger partial charge in [-0.3, -0.25) is 14.4 Å². The van der Waals surface area contributed by atoms with Crippen molar-refractivity contribution < 1.29 is 23.9 Å². The van der Waals surface area contributed by atoms with Crippen LogP contribution in [0.3, 0.4) is 0 Å². The Kier molecular flexibility index (Phi) is 8.79. The second kappa shape index (κ2) is 12.5. The summed E-state index contributed by atoms with van der Waals surface area (Å²) in [6.45, 7) is 3.93. The van der Waals surface area contributed by atoms with Crippen molar-refractivity contribution in [3.05, 3.63) is 35.0 Å². The molecule has 13 heteroatoms. The Bertz CT molecular complexity index is 1310. The molecule has 0 spiro atoms. The van der Waals surface area contributed by atoms with Crippen LogP contribution >= 0.6 is 11.6 Å². The lowest BCUT2D eigenvalue weighted by Gasteiger charge is -2.30. The fraction of sp³-hybridized carbons (Fsp3) is 0.536. The molecule has 2 aliphatic carbocycles. The number of benzene rings is 1. The average Bonchev–Trinajstić information content (AvgIpc) is 3.53. The summed E-state index contributed by atoms with van der Waals surface area (Å²) in [5, 5.41) is 6.96. The summed E-state index contributed by atoms with van der Waals surface area (Å²) in [4.78, 5) is 50.3. The minimum atomic E-state index is -0.475. The first-order valence-electron chi connectivity index (χ1n) is 14.0. The van der Waals surface area contributed by atoms with Gasteiger partial charge >= 0.3 is 5.97 Å². The minimum Gasteiger partial charge on any atom is -0.462 e. The smallest absolute Gasteiger partial charge is 0.325 e. The van der Waals surface area contributed by atoms with Crippen LogP contribution in [0.15, 0.2) is 24.4 Å². The fourth-order valence-electron chi connectivity index (χ4n) is 6.33. The number of ether oxygens (including phenoxy) is 2. The van der Waals surface area contributed by atoms with Crippen LogP contribution in [0.25, 0.3) is 0 Å². The van der Waals surface area contributed by atoms with E-state index in [4.69, 9.17) is 26.8 Å². The van der Waals surface area contributed by atoms with E-state index < -0.39 is 5.97 Å². The van der Waals surface area contributed by atoms with Crippen molar-refractivity contribution >= 4 is 52.5 Å². The van der Waals surface area contributed by atoms with E-state index in [2.05, 4.69) is 25.5 Å². The minimum absolute atomic E-state index is 0.108. The summed E-state index contributed by atoms with van der Waals surface area (Å²) < 4.78 is 10.1. The third kappa shape index (κ3) is 6.18. The highest BCUT2D eigenvalue weighted by molar-refractivity contribution is 6.32. The number of amides is 2. The van der Waals surface area contributed by atoms with Crippen molar-refractivity contribution in [3.63, 3.8) is 0 Å². The fourth-order valence-corrected chi connectivity index (χ4v) is 6.47. The van der Waals surface area contributed by atoms with Crippen molar-refractivity contribution in [2.45, 2.75) is 32.2 Å². The average molecular weight is 586 g/mol. The molecule has 5 rings (SSSR count). The Hall–Kier alpha value is -3.64. The highest BCUT2D eigenvalue weighted by Gasteiger charge is 2.50. The molecule has 220 valence electrons. The standard InChI is InChI=1S/C28H36ClN7O5/c1-3-35-8-9-36(15-22(37)41-11-10-40-2)27(39)19-7-6-18(13-21(19)35)32-28-31-14-20(29)26(34-28)33-24-17-5-4-16(12-17)23(24)25(30)38/h6-7,13-14,16-17,23-24H,3-5,8-12,15H2,1-2H3,(H2,30,38)(H2,31,32,33,34)/t16-,17+,23-,24-/m0/s1. The number of fused-ring (bicyclic) bond motifs is 3. The van der Waals surface area contributed by atoms with Crippen molar-refractivity contribution in [2.75, 3.05) is 62.0 Å². The number of esters is 1. The number of nitrogens with two attached hydrogens (primary N) is 1. The normalized spacial score (nSPS) is 23.2. The quantitative estimate of drug-likeness (QED) is 0.265. The first kappa shape index (κ1) is 28.9. The molecule has 4 N–H and O–H groups in total. The van der Waals surface area contributed by atoms with Crippen LogP contribution in [0.2, 0.25) is 5.02 Å². The molecule has 1 aromatic carbocycles. The molecule has 2 saturated carbocycles. The molecule has 2 fully saturated rings. The number of primary amides is 1. The van der Waals surface area contributed by atoms with Gasteiger partial charge in [0.2, 0.25) is 11.9 Å². The van der Waals surface area contributed by atoms with Gasteiger partial charge in [-0.2, -0.15) is 4.98 Å². The second-order valence-electron chi connectivity index (χ2n) is 10.7. The van der Waals surface area contributed by atoms with Crippen molar-refractivity contribution in [2.24, 2.45) is 23.5 Å². The zero-order chi connectivity index (χ0) is 29.1. The summed E-state index contributed by atoms with van der Waals surface area (Å²) in [6, 6.07) is 5.28. The van der Waals surface area contributed by atoms with Crippen molar-refractivity contribution in [3.8, 4) is 0 Å². The monoisotopic (exact) mass is 585 g/mol. The Morgan fingerprint density at radius 1 is 1.17 bits per heavy atom. The molecule has 41 heavy (non-hydrogen) atoms. The summed E-state index contributed by atoms with van der Waals surface area (Å²) in [5.74, 6) is 0.167. The van der Waals surface area contributed by atoms with Gasteiger partial charge in [0.15, 0.2) is 5.82 Å². The highest BCUT2D eigenvalue weighted by atomic mass is 35.5. The first-order chi connectivity index (χ1) is 19.8. The summed E-state index contributed by atoms with van der Waals surface area (Å²) in [6.07, 6.45) is 4.56. The summed E-state index contributed by atoms with van der Waals surface area (Å²) >= 11 is 6.44. The zero-order valence-corrected chi connectivity index (χ0v) is 24.0. The highest BCUT2D eigenvalue weighted by Crippen LogP contribution is 2.49. The maximum Gasteiger partial charge on any atom is 0.325 e. The maximum atomic E-state index is 13.4. The molecule has 0 radical (unpaired) electrons. The van der Waals surface area contributed by atoms with Gasteiger partial charge in [-0.05, 0) is 56.2 Å². The summed E-state index contributed by atoms with van der Waals surface area (Å²) in [5.41, 5.74) is 7.66. The number of carbonyl (C=O) groups excluding carboxylic acids is 3. The van der Waals surface area contributed by atoms with Crippen LogP contribution in [0.4, 0.5) is 23.1 Å². The van der Waals surface area contributed by atoms with E-state index in [9.17, 15) is 14.4 Å². The number of carbonyl (C=O) groups is 3. The van der Waals surface area contributed by atoms with Gasteiger partial charge in [0.1, 0.15) is 18.2 Å². The number of hydrogen-bond acceptors (Lipinski definition) is 10. The molecule has 4 atom stereocenters. The molecular formula is C28H36ClN7O5. The Balaban J connectivity index is 1.32. The molecule has 12 nitrogen and oxygen atoms in total. The first-order valence-corrected chi connectivity index (χ1v) is 14.3. The number of likely N-dealkylation sites (N-methyl/N-ethyl adjacent to an activating group) is 1. The predicted octanol–water partition coefficient (Wildman–Crippen LogP) is 2.66. The number of aromatic nitrogens is 2. The third-order valence-corrected chi connectivity index (χ3v) is 8.57. The van der Waals surface area contributed by atoms with Gasteiger partial charge in [0, 0.05) is 38.5 Å². The van der Waals surface area contributed by atoms with Gasteiger partial charge in [-0.25, -0.2) is 4.98 Å². The van der Waals surface area contributed by atoms with E-state index in [0.717, 1.165) is 24.9 Å². The van der Waals surface area contributed by atoms with Gasteiger partial charge < -0.3 is 35.6 Å². The number of anilines is 4. The lowest BCUT2D eigenvalue weighted by molar-refractivity contribution is -0.145. The van der Waals surface area contributed by atoms with E-state index in [0.29, 0.717) is 66.1 Å². The maximum absolute atomic E-state index is 13.4. The SMILES string of the molecule is CCN1CCN(CC(=O)OCCOC)C(=O)c2ccc(Nc3ncc(Cl)c(N[C@H]4[C@@H]5CC[C@@H](C5)[C@@H]4C(N)=O)n3)cc21. The number of halogens is 1. The van der Waals surface area contributed by atoms with E-state index in [1.54, 1.807) is 12.1 Å². The predicted molar refractivity (Wildman–Crippen MR) is 154 cm³/mol. The molecule has 2 heterocycles. The van der Waals surface area contributed by atoms with E-state index >= 15 is 0 Å². The van der Waals surface area contributed by atoms with Crippen LogP contribution in [0.5, 0.6) is 0 Å². The van der Waals surface area contributed by atoms with Gasteiger partial charge in [0.25, 0.3) is 5.91 Å². The molecule has 2 amide bonds. The Labute approximate surface area is 243 Å². The second-order valence-corrected chi connectivity index (χ2v) is 11.1. The lowest BCUT2D eigenvalue weighted by atomic mass is 9.84. The molecule has 0 unspecified atom stereocenters. The largest absolute Gasteiger partial charge is 0.462 e. The van der Waals surface area contributed by atoms with E-state index in [1.807, 2.05) is 13.0 Å².